The number of para-hydroxylation sites is 1. The molecule has 0 spiro atoms. The third kappa shape index (κ3) is 4.97. The van der Waals surface area contributed by atoms with Crippen LogP contribution in [0.3, 0.4) is 0 Å². The molecular formula is C25H22N6O7S2. The van der Waals surface area contributed by atoms with Crippen LogP contribution in [0.25, 0.3) is 11.4 Å². The minimum absolute atomic E-state index is 0.0532. The third-order valence-electron chi connectivity index (χ3n) is 6.10. The summed E-state index contributed by atoms with van der Waals surface area (Å²) in [6, 6.07) is 18.2. The van der Waals surface area contributed by atoms with Gasteiger partial charge in [-0.3, -0.25) is 9.35 Å². The molecule has 1 aliphatic heterocycles. The first-order valence-corrected chi connectivity index (χ1v) is 14.1. The number of amides is 1. The lowest BCUT2D eigenvalue weighted by Gasteiger charge is -2.25. The maximum Gasteiger partial charge on any atom is 0.362 e. The van der Waals surface area contributed by atoms with E-state index in [9.17, 15) is 27.7 Å². The maximum atomic E-state index is 12.5. The Morgan fingerprint density at radius 3 is 2.42 bits per heavy atom. The number of rotatable bonds is 8. The Labute approximate surface area is 232 Å². The summed E-state index contributed by atoms with van der Waals surface area (Å²) in [6.45, 7) is 1.20. The molecule has 1 aromatic heterocycles. The fourth-order valence-corrected chi connectivity index (χ4v) is 6.15. The van der Waals surface area contributed by atoms with E-state index in [1.165, 1.54) is 55.0 Å². The van der Waals surface area contributed by atoms with Crippen molar-refractivity contribution in [1.82, 2.24) is 24.6 Å². The van der Waals surface area contributed by atoms with Crippen LogP contribution in [0.1, 0.15) is 38.6 Å². The molecule has 0 saturated heterocycles. The van der Waals surface area contributed by atoms with Gasteiger partial charge in [-0.15, -0.1) is 10.2 Å². The molecule has 1 aliphatic rings. The lowest BCUT2D eigenvalue weighted by Crippen LogP contribution is -2.36. The molecule has 0 saturated carbocycles. The van der Waals surface area contributed by atoms with E-state index in [0.717, 1.165) is 10.6 Å². The molecule has 4 aromatic rings. The molecule has 0 aliphatic carbocycles. The lowest BCUT2D eigenvalue weighted by atomic mass is 10.1. The van der Waals surface area contributed by atoms with E-state index in [2.05, 4.69) is 15.4 Å². The Morgan fingerprint density at radius 2 is 1.77 bits per heavy atom. The number of methoxy groups -OCH3 is 1. The number of ether oxygens (including phenoxy) is 1. The molecule has 1 unspecified atom stereocenters. The number of hydrogen-bond acceptors (Lipinski definition) is 10. The van der Waals surface area contributed by atoms with Gasteiger partial charge in [0.15, 0.2) is 0 Å². The lowest BCUT2D eigenvalue weighted by molar-refractivity contribution is 0.0695. The zero-order valence-electron chi connectivity index (χ0n) is 21.1. The molecule has 3 aromatic carbocycles. The van der Waals surface area contributed by atoms with Crippen molar-refractivity contribution in [3.8, 4) is 17.1 Å². The van der Waals surface area contributed by atoms with Gasteiger partial charge in [0.2, 0.25) is 5.82 Å². The van der Waals surface area contributed by atoms with E-state index in [1.54, 1.807) is 23.2 Å². The number of aromatic nitrogens is 4. The molecule has 0 fully saturated rings. The number of nitrogens with zero attached hydrogens (tertiary/aromatic N) is 6. The zero-order chi connectivity index (χ0) is 28.6. The summed E-state index contributed by atoms with van der Waals surface area (Å²) in [5, 5.41) is 23.7. The highest BCUT2D eigenvalue weighted by atomic mass is 32.2. The highest BCUT2D eigenvalue weighted by Crippen LogP contribution is 2.52. The molecule has 1 atom stereocenters. The largest absolute Gasteiger partial charge is 0.496 e. The normalized spacial score (nSPS) is 14.6. The summed E-state index contributed by atoms with van der Waals surface area (Å²) in [5.41, 5.74) is 2.16. The van der Waals surface area contributed by atoms with Crippen molar-refractivity contribution in [2.45, 2.75) is 17.2 Å². The quantitative estimate of drug-likeness (QED) is 0.291. The molecule has 15 heteroatoms. The first kappa shape index (κ1) is 27.1. The van der Waals surface area contributed by atoms with Gasteiger partial charge < -0.3 is 9.84 Å². The minimum atomic E-state index is -4.69. The predicted molar refractivity (Wildman–Crippen MR) is 144 cm³/mol. The molecule has 13 nitrogen and oxygen atoms in total. The van der Waals surface area contributed by atoms with Crippen LogP contribution in [0.2, 0.25) is 0 Å². The summed E-state index contributed by atoms with van der Waals surface area (Å²) in [6.07, 6.45) is 0. The minimum Gasteiger partial charge on any atom is -0.496 e. The number of benzene rings is 3. The maximum absolute atomic E-state index is 12.5. The van der Waals surface area contributed by atoms with Crippen LogP contribution in [0.5, 0.6) is 5.75 Å². The average Bonchev–Trinajstić information content (AvgIpc) is 3.57. The van der Waals surface area contributed by atoms with Crippen LogP contribution in [0, 0.1) is 0 Å². The second-order valence-electron chi connectivity index (χ2n) is 8.45. The van der Waals surface area contributed by atoms with Gasteiger partial charge in [0, 0.05) is 28.1 Å². The second-order valence-corrected chi connectivity index (χ2v) is 10.9. The Balaban J connectivity index is 1.49. The van der Waals surface area contributed by atoms with Crippen LogP contribution in [0.4, 0.5) is 5.69 Å². The van der Waals surface area contributed by atoms with Crippen LogP contribution in [-0.4, -0.2) is 68.2 Å². The molecular weight excluding hydrogens is 560 g/mol. The van der Waals surface area contributed by atoms with Gasteiger partial charge >= 0.3 is 16.3 Å². The van der Waals surface area contributed by atoms with Crippen molar-refractivity contribution in [1.29, 1.82) is 0 Å². The number of thioether (sulfide) groups is 1. The number of anilines is 1. The van der Waals surface area contributed by atoms with Crippen molar-refractivity contribution < 1.29 is 32.4 Å². The van der Waals surface area contributed by atoms with E-state index in [0.29, 0.717) is 21.2 Å². The third-order valence-corrected chi connectivity index (χ3v) is 8.35. The fraction of sp³-hybridized carbons (Fsp3) is 0.160. The number of tetrazole rings is 1. The zero-order valence-corrected chi connectivity index (χ0v) is 22.7. The van der Waals surface area contributed by atoms with Gasteiger partial charge in [-0.2, -0.15) is 8.42 Å². The van der Waals surface area contributed by atoms with Crippen molar-refractivity contribution >= 4 is 39.6 Å². The van der Waals surface area contributed by atoms with Crippen molar-refractivity contribution in [2.75, 3.05) is 18.7 Å². The van der Waals surface area contributed by atoms with Crippen molar-refractivity contribution in [3.63, 3.8) is 0 Å². The second kappa shape index (κ2) is 10.6. The predicted octanol–water partition coefficient (Wildman–Crippen LogP) is 3.39. The molecule has 0 radical (unpaired) electrons. The van der Waals surface area contributed by atoms with Crippen molar-refractivity contribution in [3.05, 3.63) is 83.4 Å². The van der Waals surface area contributed by atoms with Gasteiger partial charge in [0.05, 0.1) is 18.4 Å². The molecule has 5 rings (SSSR count). The highest BCUT2D eigenvalue weighted by molar-refractivity contribution is 8.00. The van der Waals surface area contributed by atoms with Crippen LogP contribution < -0.4 is 9.75 Å². The molecule has 2 N–H and O–H groups in total. The molecule has 2 heterocycles. The Bertz CT molecular complexity index is 1710. The van der Waals surface area contributed by atoms with E-state index in [-0.39, 0.29) is 23.5 Å². The topological polar surface area (TPSA) is 168 Å². The molecule has 1 amide bonds. The van der Waals surface area contributed by atoms with E-state index in [1.807, 2.05) is 24.3 Å². The summed E-state index contributed by atoms with van der Waals surface area (Å²) in [7, 11) is -3.23. The first-order valence-electron chi connectivity index (χ1n) is 11.8. The molecule has 0 bridgehead atoms. The monoisotopic (exact) mass is 582 g/mol. The number of carboxylic acids is 1. The average molecular weight is 583 g/mol. The first-order chi connectivity index (χ1) is 19.1. The number of fused-ring (bicyclic) bond motifs is 1. The Kier molecular flexibility index (Phi) is 7.18. The standard InChI is InChI=1S/C25H22N6O7S2/c1-3-29(40(35,36)37)23(32)16-10-8-15(9-11-16)22-26-28-31(27-22)30-19-6-4-5-7-21(19)39-24(30)18-13-12-17(25(33)34)14-20(18)38-2/h4-14,24H,3H2,1-2H3,(H,33,34)(H,35,36,37). The number of hydrogen-bond donors (Lipinski definition) is 2. The molecule has 206 valence electrons. The summed E-state index contributed by atoms with van der Waals surface area (Å²) in [5.74, 6) is -1.31. The van der Waals surface area contributed by atoms with E-state index < -0.39 is 27.6 Å². The summed E-state index contributed by atoms with van der Waals surface area (Å²) >= 11 is 1.51. The number of carbonyl (C=O) groups excluding carboxylic acids is 1. The van der Waals surface area contributed by atoms with Gasteiger partial charge in [-0.25, -0.2) is 14.1 Å². The fourth-order valence-electron chi connectivity index (χ4n) is 4.21. The van der Waals surface area contributed by atoms with E-state index >= 15 is 0 Å². The van der Waals surface area contributed by atoms with Gasteiger partial charge in [0.25, 0.3) is 5.91 Å². The number of aromatic carboxylic acids is 1. The van der Waals surface area contributed by atoms with Crippen molar-refractivity contribution in [2.24, 2.45) is 0 Å². The van der Waals surface area contributed by atoms with Gasteiger partial charge in [-0.1, -0.05) is 47.0 Å². The summed E-state index contributed by atoms with van der Waals surface area (Å²) in [4.78, 5) is 26.3. The van der Waals surface area contributed by atoms with E-state index in [4.69, 9.17) is 4.74 Å². The van der Waals surface area contributed by atoms with Crippen LogP contribution >= 0.6 is 11.8 Å². The highest BCUT2D eigenvalue weighted by Gasteiger charge is 2.36. The van der Waals surface area contributed by atoms with Crippen LogP contribution in [0.15, 0.2) is 71.6 Å². The van der Waals surface area contributed by atoms with Gasteiger partial charge in [-0.05, 0) is 48.5 Å². The Morgan fingerprint density at radius 1 is 1.07 bits per heavy atom. The number of carbonyl (C=O) groups is 2. The Hall–Kier alpha value is -4.47. The SMILES string of the molecule is CCN(C(=O)c1ccc(-c2nnn(N3c4ccccc4SC3c3ccc(C(=O)O)cc3OC)n2)cc1)S(=O)(=O)O. The smallest absolute Gasteiger partial charge is 0.362 e. The number of carboxylic acid groups (broad SMARTS) is 1. The summed E-state index contributed by atoms with van der Waals surface area (Å²) < 4.78 is 38.2. The van der Waals surface area contributed by atoms with Gasteiger partial charge in [0.1, 0.15) is 11.1 Å². The molecule has 40 heavy (non-hydrogen) atoms. The van der Waals surface area contributed by atoms with Crippen LogP contribution in [-0.2, 0) is 10.3 Å².